The minimum Gasteiger partial charge on any atom is -0.368 e. The molecule has 1 aliphatic heterocycles. The molecule has 1 aromatic carbocycles. The molecule has 1 saturated heterocycles. The van der Waals surface area contributed by atoms with E-state index in [4.69, 9.17) is 28.9 Å². The Labute approximate surface area is 202 Å². The van der Waals surface area contributed by atoms with E-state index >= 15 is 0 Å². The fourth-order valence-corrected chi connectivity index (χ4v) is 4.41. The maximum absolute atomic E-state index is 13.3. The lowest BCUT2D eigenvalue weighted by Gasteiger charge is -2.35. The predicted octanol–water partition coefficient (Wildman–Crippen LogP) is 4.37. The Hall–Kier alpha value is -2.98. The van der Waals surface area contributed by atoms with Gasteiger partial charge in [-0.15, -0.1) is 0 Å². The molecule has 2 N–H and O–H groups in total. The number of hydrogen-bond acceptors (Lipinski definition) is 4. The maximum atomic E-state index is 13.3. The summed E-state index contributed by atoms with van der Waals surface area (Å²) in [7, 11) is 0. The maximum Gasteiger partial charge on any atom is 0.417 e. The van der Waals surface area contributed by atoms with Gasteiger partial charge in [0.25, 0.3) is 5.91 Å². The molecule has 0 bridgehead atoms. The van der Waals surface area contributed by atoms with Gasteiger partial charge in [0, 0.05) is 49.0 Å². The number of hydrogen-bond donors (Lipinski definition) is 1. The molecule has 3 aromatic rings. The number of nitrogens with two attached hydrogens (primary N) is 1. The van der Waals surface area contributed by atoms with Crippen molar-refractivity contribution in [2.24, 2.45) is 5.73 Å². The van der Waals surface area contributed by atoms with E-state index in [9.17, 15) is 22.8 Å². The number of aromatic nitrogens is 2. The first-order chi connectivity index (χ1) is 16.0. The second-order valence-electron chi connectivity index (χ2n) is 8.00. The van der Waals surface area contributed by atoms with E-state index in [0.717, 1.165) is 12.3 Å². The van der Waals surface area contributed by atoms with Crippen molar-refractivity contribution in [1.29, 1.82) is 0 Å². The molecular weight excluding hydrogens is 494 g/mol. The van der Waals surface area contributed by atoms with Crippen LogP contribution in [0.2, 0.25) is 10.0 Å². The van der Waals surface area contributed by atoms with Gasteiger partial charge in [-0.2, -0.15) is 13.2 Å². The van der Waals surface area contributed by atoms with Gasteiger partial charge < -0.3 is 20.1 Å². The van der Waals surface area contributed by atoms with Crippen LogP contribution >= 0.6 is 23.2 Å². The van der Waals surface area contributed by atoms with Crippen molar-refractivity contribution < 1.29 is 22.8 Å². The molecule has 34 heavy (non-hydrogen) atoms. The van der Waals surface area contributed by atoms with Crippen LogP contribution in [0.4, 0.5) is 19.0 Å². The molecule has 1 aliphatic rings. The number of rotatable bonds is 4. The van der Waals surface area contributed by atoms with Crippen LogP contribution in [0.1, 0.15) is 28.9 Å². The lowest BCUT2D eigenvalue weighted by molar-refractivity contribution is -0.137. The van der Waals surface area contributed by atoms with E-state index in [2.05, 4.69) is 4.98 Å². The van der Waals surface area contributed by atoms with Crippen LogP contribution in [0.25, 0.3) is 10.9 Å². The molecule has 3 heterocycles. The summed E-state index contributed by atoms with van der Waals surface area (Å²) in [4.78, 5) is 32.4. The second kappa shape index (κ2) is 8.99. The Morgan fingerprint density at radius 3 is 2.38 bits per heavy atom. The van der Waals surface area contributed by atoms with Gasteiger partial charge >= 0.3 is 6.18 Å². The number of carbonyl (C=O) groups is 2. The zero-order chi connectivity index (χ0) is 24.8. The van der Waals surface area contributed by atoms with Crippen LogP contribution in [0.3, 0.4) is 0 Å². The molecule has 0 spiro atoms. The number of anilines is 1. The molecule has 2 amide bonds. The summed E-state index contributed by atoms with van der Waals surface area (Å²) in [5.74, 6) is -0.553. The molecular formula is C22H20Cl2F3N5O2. The number of carbonyl (C=O) groups excluding carboxylic acids is 2. The Morgan fingerprint density at radius 1 is 1.12 bits per heavy atom. The van der Waals surface area contributed by atoms with Crippen LogP contribution < -0.4 is 10.6 Å². The monoisotopic (exact) mass is 513 g/mol. The van der Waals surface area contributed by atoms with E-state index < -0.39 is 23.7 Å². The van der Waals surface area contributed by atoms with E-state index in [-0.39, 0.29) is 16.7 Å². The molecule has 0 aliphatic carbocycles. The zero-order valence-electron chi connectivity index (χ0n) is 17.9. The number of amides is 2. The average Bonchev–Trinajstić information content (AvgIpc) is 3.16. The first-order valence-corrected chi connectivity index (χ1v) is 11.1. The van der Waals surface area contributed by atoms with Gasteiger partial charge in [-0.1, -0.05) is 29.3 Å². The highest BCUT2D eigenvalue weighted by atomic mass is 35.5. The van der Waals surface area contributed by atoms with Gasteiger partial charge in [-0.3, -0.25) is 9.59 Å². The summed E-state index contributed by atoms with van der Waals surface area (Å²) >= 11 is 12.2. The standard InChI is InChI=1S/C22H20Cl2F3N5O2/c1-12(19(28)33)32-11-16(15-3-2-14(23)9-18(15)32)21(34)31-6-4-30(5-7-31)20-17(24)8-13(10-29-20)22(25,26)27/h2-3,8-12H,4-7H2,1H3,(H2,28,33). The predicted molar refractivity (Wildman–Crippen MR) is 123 cm³/mol. The van der Waals surface area contributed by atoms with Crippen molar-refractivity contribution in [3.63, 3.8) is 0 Å². The fraction of sp³-hybridized carbons (Fsp3) is 0.318. The van der Waals surface area contributed by atoms with Crippen LogP contribution in [0.5, 0.6) is 0 Å². The highest BCUT2D eigenvalue weighted by Crippen LogP contribution is 2.34. The smallest absolute Gasteiger partial charge is 0.368 e. The zero-order valence-corrected chi connectivity index (χ0v) is 19.5. The highest BCUT2D eigenvalue weighted by Gasteiger charge is 2.33. The summed E-state index contributed by atoms with van der Waals surface area (Å²) in [5.41, 5.74) is 5.56. The average molecular weight is 514 g/mol. The second-order valence-corrected chi connectivity index (χ2v) is 8.84. The van der Waals surface area contributed by atoms with Gasteiger partial charge in [0.1, 0.15) is 11.9 Å². The Bertz CT molecular complexity index is 1270. The number of nitrogens with zero attached hydrogens (tertiary/aromatic N) is 4. The normalized spacial score (nSPS) is 15.6. The summed E-state index contributed by atoms with van der Waals surface area (Å²) in [5, 5.41) is 0.990. The van der Waals surface area contributed by atoms with Gasteiger partial charge in [0.15, 0.2) is 0 Å². The van der Waals surface area contributed by atoms with E-state index in [1.165, 1.54) is 0 Å². The van der Waals surface area contributed by atoms with Crippen LogP contribution in [-0.4, -0.2) is 52.4 Å². The fourth-order valence-electron chi connectivity index (χ4n) is 3.96. The highest BCUT2D eigenvalue weighted by molar-refractivity contribution is 6.33. The molecule has 12 heteroatoms. The van der Waals surface area contributed by atoms with Gasteiger partial charge in [-0.05, 0) is 25.1 Å². The molecule has 7 nitrogen and oxygen atoms in total. The molecule has 0 saturated carbocycles. The number of halogens is 5. The molecule has 4 rings (SSSR count). The first-order valence-electron chi connectivity index (χ1n) is 10.3. The largest absolute Gasteiger partial charge is 0.417 e. The lowest BCUT2D eigenvalue weighted by atomic mass is 10.1. The molecule has 1 fully saturated rings. The number of piperazine rings is 1. The van der Waals surface area contributed by atoms with Crippen LogP contribution in [0.15, 0.2) is 36.7 Å². The number of primary amides is 1. The quantitative estimate of drug-likeness (QED) is 0.561. The number of benzene rings is 1. The first kappa shape index (κ1) is 24.2. The van der Waals surface area contributed by atoms with Crippen molar-refractivity contribution in [2.45, 2.75) is 19.1 Å². The van der Waals surface area contributed by atoms with E-state index in [0.29, 0.717) is 47.7 Å². The SMILES string of the molecule is CC(C(N)=O)n1cc(C(=O)N2CCN(c3ncc(C(F)(F)F)cc3Cl)CC2)c2ccc(Cl)cc21. The third kappa shape index (κ3) is 4.52. The van der Waals surface area contributed by atoms with Crippen LogP contribution in [0, 0.1) is 0 Å². The Morgan fingerprint density at radius 2 is 1.79 bits per heavy atom. The van der Waals surface area contributed by atoms with Gasteiger partial charge in [0.2, 0.25) is 5.91 Å². The third-order valence-electron chi connectivity index (χ3n) is 5.87. The lowest BCUT2D eigenvalue weighted by Crippen LogP contribution is -2.49. The van der Waals surface area contributed by atoms with Crippen molar-refractivity contribution in [3.05, 3.63) is 57.8 Å². The van der Waals surface area contributed by atoms with Crippen molar-refractivity contribution in [3.8, 4) is 0 Å². The molecule has 2 aromatic heterocycles. The minimum atomic E-state index is -4.53. The number of alkyl halides is 3. The van der Waals surface area contributed by atoms with Crippen LogP contribution in [-0.2, 0) is 11.0 Å². The minimum absolute atomic E-state index is 0.102. The Kier molecular flexibility index (Phi) is 6.39. The van der Waals surface area contributed by atoms with Crippen molar-refractivity contribution in [2.75, 3.05) is 31.1 Å². The number of pyridine rings is 1. The summed E-state index contributed by atoms with van der Waals surface area (Å²) in [6.45, 7) is 2.93. The molecule has 1 atom stereocenters. The number of fused-ring (bicyclic) bond motifs is 1. The van der Waals surface area contributed by atoms with Gasteiger partial charge in [0.05, 0.1) is 21.7 Å². The summed E-state index contributed by atoms with van der Waals surface area (Å²) < 4.78 is 40.3. The summed E-state index contributed by atoms with van der Waals surface area (Å²) in [6, 6.07) is 5.21. The molecule has 1 unspecified atom stereocenters. The van der Waals surface area contributed by atoms with Crippen molar-refractivity contribution >= 4 is 51.7 Å². The molecule has 180 valence electrons. The topological polar surface area (TPSA) is 84.5 Å². The van der Waals surface area contributed by atoms with E-state index in [1.807, 2.05) is 0 Å². The third-order valence-corrected chi connectivity index (χ3v) is 6.38. The molecule has 0 radical (unpaired) electrons. The van der Waals surface area contributed by atoms with Crippen molar-refractivity contribution in [1.82, 2.24) is 14.5 Å². The summed E-state index contributed by atoms with van der Waals surface area (Å²) in [6.07, 6.45) is -2.19. The Balaban J connectivity index is 1.55. The van der Waals surface area contributed by atoms with Gasteiger partial charge in [-0.25, -0.2) is 4.98 Å². The van der Waals surface area contributed by atoms with E-state index in [1.54, 1.807) is 45.7 Å².